The van der Waals surface area contributed by atoms with E-state index in [4.69, 9.17) is 11.8 Å². The van der Waals surface area contributed by atoms with Crippen LogP contribution in [0.5, 0.6) is 0 Å². The van der Waals surface area contributed by atoms with Gasteiger partial charge in [-0.1, -0.05) is 0 Å². The first-order valence-electron chi connectivity index (χ1n) is 6.63. The molecule has 8 nitrogen and oxygen atoms in total. The van der Waals surface area contributed by atoms with E-state index in [-0.39, 0.29) is 0 Å². The van der Waals surface area contributed by atoms with Crippen LogP contribution in [0.3, 0.4) is 0 Å². The number of anilines is 2. The van der Waals surface area contributed by atoms with Crippen molar-refractivity contribution in [2.24, 2.45) is 10.2 Å². The predicted octanol–water partition coefficient (Wildman–Crippen LogP) is 4.08. The highest BCUT2D eigenvalue weighted by Crippen LogP contribution is 2.40. The molecule has 0 atom stereocenters. The van der Waals surface area contributed by atoms with Crippen LogP contribution in [0.4, 0.5) is 28.0 Å². The standard InChI is InChI=1S/C14H14N8S/c1-7-10(16-3)12(17-4)19-13(18-5)11(7)20-21-14-9(6-15)8(2)22-23-14/h1-2,4-5H3,(H2,17,18,19). The van der Waals surface area contributed by atoms with Gasteiger partial charge in [0.05, 0.1) is 12.3 Å². The average molecular weight is 326 g/mol. The van der Waals surface area contributed by atoms with E-state index in [1.807, 2.05) is 0 Å². The van der Waals surface area contributed by atoms with Crippen LogP contribution in [0.1, 0.15) is 16.8 Å². The zero-order valence-electron chi connectivity index (χ0n) is 13.1. The minimum atomic E-state index is 0.390. The van der Waals surface area contributed by atoms with E-state index < -0.39 is 0 Å². The number of nitrogens with one attached hydrogen (secondary N) is 2. The fourth-order valence-corrected chi connectivity index (χ4v) is 2.62. The van der Waals surface area contributed by atoms with E-state index in [0.717, 1.165) is 11.5 Å². The van der Waals surface area contributed by atoms with Crippen molar-refractivity contribution in [1.82, 2.24) is 9.36 Å². The maximum absolute atomic E-state index is 9.13. The summed E-state index contributed by atoms with van der Waals surface area (Å²) >= 11 is 1.11. The number of pyridine rings is 1. The number of aromatic nitrogens is 2. The Morgan fingerprint density at radius 1 is 1.22 bits per heavy atom. The normalized spacial score (nSPS) is 10.3. The van der Waals surface area contributed by atoms with Crippen LogP contribution >= 0.6 is 11.5 Å². The van der Waals surface area contributed by atoms with Crippen molar-refractivity contribution >= 4 is 39.5 Å². The van der Waals surface area contributed by atoms with Gasteiger partial charge in [-0.15, -0.1) is 10.2 Å². The lowest BCUT2D eigenvalue weighted by atomic mass is 10.2. The molecule has 2 N–H and O–H groups in total. The Morgan fingerprint density at radius 3 is 2.48 bits per heavy atom. The molecule has 0 spiro atoms. The van der Waals surface area contributed by atoms with Crippen molar-refractivity contribution in [3.63, 3.8) is 0 Å². The van der Waals surface area contributed by atoms with Gasteiger partial charge in [0.15, 0.2) is 10.8 Å². The maximum Gasteiger partial charge on any atom is 0.233 e. The minimum absolute atomic E-state index is 0.390. The summed E-state index contributed by atoms with van der Waals surface area (Å²) < 4.78 is 4.10. The summed E-state index contributed by atoms with van der Waals surface area (Å²) in [6, 6.07) is 2.07. The van der Waals surface area contributed by atoms with Crippen molar-refractivity contribution in [2.45, 2.75) is 13.8 Å². The van der Waals surface area contributed by atoms with Gasteiger partial charge in [0.25, 0.3) is 0 Å². The number of nitrogens with zero attached hydrogens (tertiary/aromatic N) is 6. The van der Waals surface area contributed by atoms with Crippen molar-refractivity contribution in [1.29, 1.82) is 5.26 Å². The van der Waals surface area contributed by atoms with Crippen molar-refractivity contribution in [3.8, 4) is 6.07 Å². The molecule has 0 saturated heterocycles. The van der Waals surface area contributed by atoms with Crippen molar-refractivity contribution < 1.29 is 0 Å². The molecule has 2 heterocycles. The van der Waals surface area contributed by atoms with Crippen LogP contribution < -0.4 is 10.6 Å². The lowest BCUT2D eigenvalue weighted by molar-refractivity contribution is 1.17. The van der Waals surface area contributed by atoms with Crippen LogP contribution in [0, 0.1) is 31.8 Å². The third kappa shape index (κ3) is 2.96. The largest absolute Gasteiger partial charge is 0.382 e. The Balaban J connectivity index is 2.57. The molecule has 2 rings (SSSR count). The molecule has 0 aliphatic rings. The molecule has 0 unspecified atom stereocenters. The second-order valence-corrected chi connectivity index (χ2v) is 5.25. The van der Waals surface area contributed by atoms with E-state index in [0.29, 0.717) is 44.8 Å². The molecular formula is C14H14N8S. The fourth-order valence-electron chi connectivity index (χ4n) is 1.94. The minimum Gasteiger partial charge on any atom is -0.382 e. The monoisotopic (exact) mass is 326 g/mol. The quantitative estimate of drug-likeness (QED) is 0.651. The Labute approximate surface area is 137 Å². The van der Waals surface area contributed by atoms with E-state index in [2.05, 4.69) is 41.1 Å². The summed E-state index contributed by atoms with van der Waals surface area (Å²) in [6.45, 7) is 10.9. The second kappa shape index (κ2) is 6.81. The molecule has 0 aliphatic carbocycles. The fraction of sp³-hybridized carbons (Fsp3) is 0.286. The molecule has 0 aromatic carbocycles. The molecule has 0 bridgehead atoms. The number of hydrogen-bond acceptors (Lipinski definition) is 8. The Kier molecular flexibility index (Phi) is 4.84. The topological polar surface area (TPSA) is 103 Å². The molecule has 9 heteroatoms. The van der Waals surface area contributed by atoms with Gasteiger partial charge < -0.3 is 10.6 Å². The molecule has 0 amide bonds. The number of hydrogen-bond donors (Lipinski definition) is 2. The highest BCUT2D eigenvalue weighted by Gasteiger charge is 2.16. The maximum atomic E-state index is 9.13. The first-order chi connectivity index (χ1) is 11.1. The zero-order valence-corrected chi connectivity index (χ0v) is 13.9. The Morgan fingerprint density at radius 2 is 1.91 bits per heavy atom. The zero-order chi connectivity index (χ0) is 17.0. The van der Waals surface area contributed by atoms with Crippen LogP contribution in [0.2, 0.25) is 0 Å². The average Bonchev–Trinajstić information content (AvgIpc) is 2.92. The van der Waals surface area contributed by atoms with Gasteiger partial charge in [-0.2, -0.15) is 9.64 Å². The lowest BCUT2D eigenvalue weighted by Crippen LogP contribution is -2.00. The molecule has 0 radical (unpaired) electrons. The number of aryl methyl sites for hydroxylation is 1. The second-order valence-electron chi connectivity index (χ2n) is 4.50. The van der Waals surface area contributed by atoms with E-state index in [9.17, 15) is 0 Å². The highest BCUT2D eigenvalue weighted by atomic mass is 32.1. The first kappa shape index (κ1) is 16.3. The van der Waals surface area contributed by atoms with Crippen LogP contribution in [-0.2, 0) is 0 Å². The molecule has 116 valence electrons. The summed E-state index contributed by atoms with van der Waals surface area (Å²) in [6.07, 6.45) is 0. The molecule has 23 heavy (non-hydrogen) atoms. The van der Waals surface area contributed by atoms with Gasteiger partial charge in [-0.3, -0.25) is 0 Å². The smallest absolute Gasteiger partial charge is 0.233 e. The SMILES string of the molecule is [C-]#[N+]c1c(NC)nc(NC)c(N=Nc2snc(C)c2C#N)c1C. The molecule has 0 saturated carbocycles. The van der Waals surface area contributed by atoms with Gasteiger partial charge in [-0.05, 0) is 30.9 Å². The van der Waals surface area contributed by atoms with Crippen LogP contribution in [-0.4, -0.2) is 23.5 Å². The highest BCUT2D eigenvalue weighted by molar-refractivity contribution is 7.10. The summed E-state index contributed by atoms with van der Waals surface area (Å²) in [5, 5.41) is 23.7. The van der Waals surface area contributed by atoms with Gasteiger partial charge in [0, 0.05) is 14.1 Å². The number of azo groups is 1. The van der Waals surface area contributed by atoms with Crippen LogP contribution in [0.25, 0.3) is 4.85 Å². The Bertz CT molecular complexity index is 853. The molecular weight excluding hydrogens is 312 g/mol. The molecule has 2 aromatic heterocycles. The first-order valence-corrected chi connectivity index (χ1v) is 7.40. The predicted molar refractivity (Wildman–Crippen MR) is 90.1 cm³/mol. The third-order valence-corrected chi connectivity index (χ3v) is 3.99. The summed E-state index contributed by atoms with van der Waals surface area (Å²) in [7, 11) is 3.42. The summed E-state index contributed by atoms with van der Waals surface area (Å²) in [4.78, 5) is 7.84. The molecule has 0 fully saturated rings. The van der Waals surface area contributed by atoms with E-state index in [1.165, 1.54) is 0 Å². The van der Waals surface area contributed by atoms with Gasteiger partial charge in [0.1, 0.15) is 23.1 Å². The van der Waals surface area contributed by atoms with Gasteiger partial charge >= 0.3 is 0 Å². The lowest BCUT2D eigenvalue weighted by Gasteiger charge is -2.12. The Hall–Kier alpha value is -3.04. The number of rotatable bonds is 4. The molecule has 0 aliphatic heterocycles. The van der Waals surface area contributed by atoms with E-state index >= 15 is 0 Å². The molecule has 2 aromatic rings. The van der Waals surface area contributed by atoms with Gasteiger partial charge in [0.2, 0.25) is 5.69 Å². The van der Waals surface area contributed by atoms with Gasteiger partial charge in [-0.25, -0.2) is 9.83 Å². The van der Waals surface area contributed by atoms with Crippen molar-refractivity contribution in [3.05, 3.63) is 28.2 Å². The number of nitriles is 1. The summed E-state index contributed by atoms with van der Waals surface area (Å²) in [5.41, 5.74) is 2.55. The van der Waals surface area contributed by atoms with E-state index in [1.54, 1.807) is 27.9 Å². The summed E-state index contributed by atoms with van der Waals surface area (Å²) in [5.74, 6) is 0.981. The third-order valence-electron chi connectivity index (χ3n) is 3.17. The van der Waals surface area contributed by atoms with Crippen molar-refractivity contribution in [2.75, 3.05) is 24.7 Å². The van der Waals surface area contributed by atoms with Crippen LogP contribution in [0.15, 0.2) is 10.2 Å².